The van der Waals surface area contributed by atoms with Gasteiger partial charge in [0, 0.05) is 50.2 Å². The number of H-pyrrole nitrogens is 1. The largest absolute Gasteiger partial charge is 0.379 e. The third kappa shape index (κ3) is 4.76. The zero-order valence-corrected chi connectivity index (χ0v) is 21.5. The summed E-state index contributed by atoms with van der Waals surface area (Å²) in [6.07, 6.45) is 1.58. The Morgan fingerprint density at radius 1 is 1.06 bits per heavy atom. The number of hydrogen-bond acceptors (Lipinski definition) is 7. The van der Waals surface area contributed by atoms with Crippen molar-refractivity contribution < 1.29 is 4.74 Å². The molecule has 8 heteroatoms. The van der Waals surface area contributed by atoms with Crippen LogP contribution in [0.2, 0.25) is 0 Å². The monoisotopic (exact) mass is 514 g/mol. The Balaban J connectivity index is 1.21. The molecule has 0 bridgehead atoms. The number of fused-ring (bicyclic) bond motifs is 2. The lowest BCUT2D eigenvalue weighted by molar-refractivity contribution is 0.0378. The van der Waals surface area contributed by atoms with E-state index in [4.69, 9.17) is 4.74 Å². The molecule has 2 aromatic carbocycles. The molecule has 182 valence electrons. The van der Waals surface area contributed by atoms with Gasteiger partial charge in [-0.3, -0.25) is 9.78 Å². The van der Waals surface area contributed by atoms with Gasteiger partial charge in [-0.05, 0) is 61.0 Å². The molecule has 2 aliphatic heterocycles. The Morgan fingerprint density at radius 3 is 2.86 bits per heavy atom. The maximum absolute atomic E-state index is 12.3. The average molecular weight is 515 g/mol. The number of ether oxygens (including phenoxy) is 1. The predicted molar refractivity (Wildman–Crippen MR) is 145 cm³/mol. The van der Waals surface area contributed by atoms with Gasteiger partial charge in [-0.2, -0.15) is 0 Å². The van der Waals surface area contributed by atoms with Gasteiger partial charge in [0.1, 0.15) is 11.8 Å². The first kappa shape index (κ1) is 23.2. The fourth-order valence-corrected chi connectivity index (χ4v) is 7.05. The molecule has 2 N–H and O–H groups in total. The second kappa shape index (κ2) is 10.0. The number of nitrogens with one attached hydrogen (secondary N) is 2. The van der Waals surface area contributed by atoms with Crippen molar-refractivity contribution in [3.8, 4) is 0 Å². The molecule has 4 aromatic rings. The first-order chi connectivity index (χ1) is 17.6. The van der Waals surface area contributed by atoms with Crippen LogP contribution in [0.1, 0.15) is 23.1 Å². The van der Waals surface area contributed by atoms with E-state index in [9.17, 15) is 4.79 Å². The van der Waals surface area contributed by atoms with Gasteiger partial charge in [-0.25, -0.2) is 0 Å². The number of aryl methyl sites for hydroxylation is 1. The van der Waals surface area contributed by atoms with Crippen molar-refractivity contribution in [3.63, 3.8) is 0 Å². The number of pyridine rings is 2. The molecular formula is C28H26N4O2S2. The summed E-state index contributed by atoms with van der Waals surface area (Å²) in [6.45, 7) is 4.65. The van der Waals surface area contributed by atoms with E-state index >= 15 is 0 Å². The maximum Gasteiger partial charge on any atom is 0.271 e. The van der Waals surface area contributed by atoms with Crippen LogP contribution in [-0.2, 0) is 11.3 Å². The van der Waals surface area contributed by atoms with Crippen molar-refractivity contribution in [1.29, 1.82) is 0 Å². The summed E-state index contributed by atoms with van der Waals surface area (Å²) in [5, 5.41) is 3.51. The quantitative estimate of drug-likeness (QED) is 0.303. The predicted octanol–water partition coefficient (Wildman–Crippen LogP) is 5.88. The highest BCUT2D eigenvalue weighted by Crippen LogP contribution is 2.51. The molecule has 1 unspecified atom stereocenters. The molecule has 6 rings (SSSR count). The highest BCUT2D eigenvalue weighted by molar-refractivity contribution is 8.05. The van der Waals surface area contributed by atoms with Crippen molar-refractivity contribution >= 4 is 34.9 Å². The lowest BCUT2D eigenvalue weighted by Gasteiger charge is -2.35. The van der Waals surface area contributed by atoms with Crippen LogP contribution < -0.4 is 15.8 Å². The van der Waals surface area contributed by atoms with E-state index in [-0.39, 0.29) is 11.7 Å². The number of aromatic nitrogens is 2. The normalized spacial score (nSPS) is 16.8. The minimum atomic E-state index is -0.0919. The first-order valence-electron chi connectivity index (χ1n) is 12.0. The first-order valence-corrected chi connectivity index (χ1v) is 13.6. The molecule has 2 aliphatic rings. The van der Waals surface area contributed by atoms with Gasteiger partial charge in [0.15, 0.2) is 0 Å². The van der Waals surface area contributed by atoms with E-state index in [0.717, 1.165) is 17.1 Å². The molecule has 0 aliphatic carbocycles. The van der Waals surface area contributed by atoms with Gasteiger partial charge in [-0.15, -0.1) is 0 Å². The summed E-state index contributed by atoms with van der Waals surface area (Å²) in [5.41, 5.74) is 4.96. The van der Waals surface area contributed by atoms with Gasteiger partial charge in [0.2, 0.25) is 0 Å². The Kier molecular flexibility index (Phi) is 6.48. The number of aromatic amines is 1. The lowest BCUT2D eigenvalue weighted by Crippen LogP contribution is -2.41. The third-order valence-corrected chi connectivity index (χ3v) is 8.97. The minimum Gasteiger partial charge on any atom is -0.379 e. The molecule has 36 heavy (non-hydrogen) atoms. The van der Waals surface area contributed by atoms with E-state index < -0.39 is 0 Å². The van der Waals surface area contributed by atoms with Crippen molar-refractivity contribution in [2.45, 2.75) is 39.2 Å². The molecule has 1 fully saturated rings. The van der Waals surface area contributed by atoms with Gasteiger partial charge in [0.25, 0.3) is 5.56 Å². The smallest absolute Gasteiger partial charge is 0.271 e. The zero-order chi connectivity index (χ0) is 24.5. The highest BCUT2D eigenvalue weighted by atomic mass is 32.2. The Bertz CT molecular complexity index is 1470. The van der Waals surface area contributed by atoms with Gasteiger partial charge in [0.05, 0.1) is 18.8 Å². The Labute approximate surface area is 218 Å². The molecule has 6 nitrogen and oxygen atoms in total. The lowest BCUT2D eigenvalue weighted by atomic mass is 10.1. The third-order valence-electron chi connectivity index (χ3n) is 6.36. The van der Waals surface area contributed by atoms with Crippen LogP contribution in [0, 0.1) is 6.92 Å². The second-order valence-electron chi connectivity index (χ2n) is 8.85. The van der Waals surface area contributed by atoms with Crippen LogP contribution in [0.25, 0.3) is 0 Å². The molecule has 4 heterocycles. The Morgan fingerprint density at radius 2 is 1.97 bits per heavy atom. The van der Waals surface area contributed by atoms with Gasteiger partial charge in [-0.1, -0.05) is 41.7 Å². The Hall–Kier alpha value is -3.20. The summed E-state index contributed by atoms with van der Waals surface area (Å²) >= 11 is 3.60. The summed E-state index contributed by atoms with van der Waals surface area (Å²) in [6, 6.07) is 22.8. The van der Waals surface area contributed by atoms with E-state index in [1.165, 1.54) is 25.1 Å². The molecule has 0 radical (unpaired) electrons. The van der Waals surface area contributed by atoms with Crippen LogP contribution in [0.4, 0.5) is 11.4 Å². The molecule has 1 atom stereocenters. The molecule has 0 amide bonds. The molecule has 0 saturated carbocycles. The van der Waals surface area contributed by atoms with E-state index in [1.807, 2.05) is 37.3 Å². The van der Waals surface area contributed by atoms with E-state index in [2.05, 4.69) is 56.6 Å². The minimum absolute atomic E-state index is 0.0605. The number of anilines is 2. The summed E-state index contributed by atoms with van der Waals surface area (Å²) in [7, 11) is 0. The number of morpholine rings is 1. The van der Waals surface area contributed by atoms with Crippen molar-refractivity contribution in [2.24, 2.45) is 0 Å². The van der Waals surface area contributed by atoms with Crippen LogP contribution >= 0.6 is 23.5 Å². The van der Waals surface area contributed by atoms with Crippen molar-refractivity contribution in [3.05, 3.63) is 100 Å². The standard InChI is InChI=1S/C28H26N4O2S2/c1-18-5-2-6-20(31-18)16-30-19-10-11-24-26(15-19)35-25-9-3-7-21(27(25)36-24)23-17-32(13-14-34-23)22-8-4-12-29-28(22)33/h2-12,15,23,30H,13-14,16-17H2,1H3,(H,29,33). The number of rotatable bonds is 5. The van der Waals surface area contributed by atoms with Crippen LogP contribution in [0.3, 0.4) is 0 Å². The maximum atomic E-state index is 12.3. The SMILES string of the molecule is Cc1cccc(CNc2ccc3c(c2)Sc2cccc(C4CN(c5ccc[nH]c5=O)CCO4)c2S3)n1. The number of nitrogens with zero attached hydrogens (tertiary/aromatic N) is 2. The van der Waals surface area contributed by atoms with E-state index in [0.29, 0.717) is 31.9 Å². The fourth-order valence-electron chi connectivity index (χ4n) is 4.59. The summed E-state index contributed by atoms with van der Waals surface area (Å²) < 4.78 is 6.22. The molecular weight excluding hydrogens is 488 g/mol. The summed E-state index contributed by atoms with van der Waals surface area (Å²) in [4.78, 5) is 26.8. The number of benzene rings is 2. The molecule has 1 saturated heterocycles. The van der Waals surface area contributed by atoms with E-state index in [1.54, 1.807) is 29.7 Å². The van der Waals surface area contributed by atoms with Gasteiger partial charge >= 0.3 is 0 Å². The van der Waals surface area contributed by atoms with Crippen LogP contribution in [0.15, 0.2) is 97.3 Å². The molecule has 0 spiro atoms. The van der Waals surface area contributed by atoms with Crippen LogP contribution in [-0.4, -0.2) is 29.7 Å². The van der Waals surface area contributed by atoms with Gasteiger partial charge < -0.3 is 19.9 Å². The van der Waals surface area contributed by atoms with Crippen molar-refractivity contribution in [2.75, 3.05) is 29.9 Å². The summed E-state index contributed by atoms with van der Waals surface area (Å²) in [5.74, 6) is 0. The number of hydrogen-bond donors (Lipinski definition) is 2. The molecule has 2 aromatic heterocycles. The zero-order valence-electron chi connectivity index (χ0n) is 19.9. The average Bonchev–Trinajstić information content (AvgIpc) is 2.91. The van der Waals surface area contributed by atoms with Crippen molar-refractivity contribution in [1.82, 2.24) is 9.97 Å². The fraction of sp³-hybridized carbons (Fsp3) is 0.214. The van der Waals surface area contributed by atoms with Crippen LogP contribution in [0.5, 0.6) is 0 Å². The second-order valence-corrected chi connectivity index (χ2v) is 11.0. The topological polar surface area (TPSA) is 70.2 Å². The highest BCUT2D eigenvalue weighted by Gasteiger charge is 2.29.